The van der Waals surface area contributed by atoms with Gasteiger partial charge in [0, 0.05) is 12.6 Å². The molecule has 3 nitrogen and oxygen atoms in total. The van der Waals surface area contributed by atoms with Crippen LogP contribution >= 0.6 is 0 Å². The predicted molar refractivity (Wildman–Crippen MR) is 39.6 cm³/mol. The molecule has 2 aliphatic heterocycles. The first-order valence-electron chi connectivity index (χ1n) is 3.51. The third kappa shape index (κ3) is 0.836. The smallest absolute Gasteiger partial charge is 0.0750 e. The van der Waals surface area contributed by atoms with Gasteiger partial charge < -0.3 is 10.7 Å². The molecule has 0 spiro atoms. The quantitative estimate of drug-likeness (QED) is 0.491. The Balaban J connectivity index is 2.14. The molecule has 3 heteroatoms. The van der Waals surface area contributed by atoms with Gasteiger partial charge in [-0.05, 0) is 6.08 Å². The van der Waals surface area contributed by atoms with Crippen LogP contribution in [0.3, 0.4) is 0 Å². The van der Waals surface area contributed by atoms with E-state index >= 15 is 0 Å². The van der Waals surface area contributed by atoms with Gasteiger partial charge in [-0.2, -0.15) is 0 Å². The highest BCUT2D eigenvalue weighted by Crippen LogP contribution is 2.15. The lowest BCUT2D eigenvalue weighted by Gasteiger charge is -2.20. The van der Waals surface area contributed by atoms with Gasteiger partial charge >= 0.3 is 0 Å². The van der Waals surface area contributed by atoms with Crippen LogP contribution in [0, 0.1) is 0 Å². The van der Waals surface area contributed by atoms with Crippen LogP contribution in [-0.4, -0.2) is 17.2 Å². The van der Waals surface area contributed by atoms with Gasteiger partial charge in [0.05, 0.1) is 12.2 Å². The van der Waals surface area contributed by atoms with Crippen molar-refractivity contribution in [2.24, 2.45) is 5.73 Å². The summed E-state index contributed by atoms with van der Waals surface area (Å²) in [7, 11) is 0. The van der Waals surface area contributed by atoms with Crippen LogP contribution in [0.5, 0.6) is 0 Å². The van der Waals surface area contributed by atoms with Crippen LogP contribution < -0.4 is 11.2 Å². The fourth-order valence-electron chi connectivity index (χ4n) is 1.37. The first-order valence-corrected chi connectivity index (χ1v) is 3.51. The highest BCUT2D eigenvalue weighted by molar-refractivity contribution is 5.14. The van der Waals surface area contributed by atoms with Crippen molar-refractivity contribution in [2.75, 3.05) is 0 Å². The normalized spacial score (nSPS) is 36.7. The van der Waals surface area contributed by atoms with E-state index in [1.807, 2.05) is 17.3 Å². The molecule has 0 aromatic carbocycles. The molecule has 0 aliphatic carbocycles. The standard InChI is InChI=1S/C7H11N3/c8-7-5-6-3-1-2-4-10(6)9-7/h1-4,6-7,9H,5,8H2. The molecular formula is C7H11N3. The zero-order chi connectivity index (χ0) is 6.97. The van der Waals surface area contributed by atoms with Gasteiger partial charge in [-0.3, -0.25) is 0 Å². The van der Waals surface area contributed by atoms with Crippen molar-refractivity contribution in [3.63, 3.8) is 0 Å². The number of hydrogen-bond acceptors (Lipinski definition) is 3. The highest BCUT2D eigenvalue weighted by Gasteiger charge is 2.25. The topological polar surface area (TPSA) is 41.3 Å². The Bertz CT molecular complexity index is 165. The van der Waals surface area contributed by atoms with Crippen LogP contribution in [0.1, 0.15) is 6.42 Å². The third-order valence-electron chi connectivity index (χ3n) is 1.86. The number of nitrogens with zero attached hydrogens (tertiary/aromatic N) is 1. The lowest BCUT2D eigenvalue weighted by molar-refractivity contribution is 0.292. The summed E-state index contributed by atoms with van der Waals surface area (Å²) in [4.78, 5) is 0. The molecule has 1 saturated heterocycles. The van der Waals surface area contributed by atoms with E-state index in [-0.39, 0.29) is 6.17 Å². The van der Waals surface area contributed by atoms with Crippen LogP contribution in [0.15, 0.2) is 24.4 Å². The Kier molecular flexibility index (Phi) is 1.25. The molecular weight excluding hydrogens is 126 g/mol. The van der Waals surface area contributed by atoms with Gasteiger partial charge in [-0.1, -0.05) is 12.2 Å². The summed E-state index contributed by atoms with van der Waals surface area (Å²) in [5, 5.41) is 2.05. The van der Waals surface area contributed by atoms with Crippen molar-refractivity contribution in [2.45, 2.75) is 18.6 Å². The van der Waals surface area contributed by atoms with E-state index in [2.05, 4.69) is 17.6 Å². The van der Waals surface area contributed by atoms with Crippen LogP contribution in [-0.2, 0) is 0 Å². The Morgan fingerprint density at radius 1 is 1.50 bits per heavy atom. The van der Waals surface area contributed by atoms with Gasteiger partial charge in [0.1, 0.15) is 0 Å². The molecule has 2 atom stereocenters. The first kappa shape index (κ1) is 5.95. The molecule has 2 unspecified atom stereocenters. The van der Waals surface area contributed by atoms with Crippen molar-refractivity contribution in [1.29, 1.82) is 0 Å². The van der Waals surface area contributed by atoms with Crippen molar-refractivity contribution in [3.8, 4) is 0 Å². The number of rotatable bonds is 0. The van der Waals surface area contributed by atoms with Gasteiger partial charge in [0.15, 0.2) is 0 Å². The number of allylic oxidation sites excluding steroid dienone is 2. The summed E-state index contributed by atoms with van der Waals surface area (Å²) in [6.07, 6.45) is 9.35. The summed E-state index contributed by atoms with van der Waals surface area (Å²) in [5.41, 5.74) is 8.80. The van der Waals surface area contributed by atoms with E-state index < -0.39 is 0 Å². The SMILES string of the molecule is NC1CC2C=CC=CN2N1. The molecule has 0 amide bonds. The number of nitrogens with one attached hydrogen (secondary N) is 1. The first-order chi connectivity index (χ1) is 4.86. The molecule has 10 heavy (non-hydrogen) atoms. The van der Waals surface area contributed by atoms with Gasteiger partial charge in [0.2, 0.25) is 0 Å². The van der Waals surface area contributed by atoms with Crippen LogP contribution in [0.4, 0.5) is 0 Å². The number of hydrogen-bond donors (Lipinski definition) is 2. The molecule has 0 aromatic heterocycles. The van der Waals surface area contributed by atoms with Crippen LogP contribution in [0.2, 0.25) is 0 Å². The second-order valence-corrected chi connectivity index (χ2v) is 2.67. The van der Waals surface area contributed by atoms with E-state index in [1.165, 1.54) is 0 Å². The average Bonchev–Trinajstić information content (AvgIpc) is 2.27. The Morgan fingerprint density at radius 3 is 3.20 bits per heavy atom. The molecule has 2 rings (SSSR count). The fourth-order valence-corrected chi connectivity index (χ4v) is 1.37. The maximum Gasteiger partial charge on any atom is 0.0750 e. The van der Waals surface area contributed by atoms with E-state index in [0.29, 0.717) is 6.04 Å². The third-order valence-corrected chi connectivity index (χ3v) is 1.86. The number of nitrogens with two attached hydrogens (primary N) is 1. The molecule has 1 fully saturated rings. The van der Waals surface area contributed by atoms with E-state index in [0.717, 1.165) is 6.42 Å². The second-order valence-electron chi connectivity index (χ2n) is 2.67. The summed E-state index contributed by atoms with van der Waals surface area (Å²) < 4.78 is 0. The minimum Gasteiger partial charge on any atom is -0.314 e. The predicted octanol–water partition coefficient (Wildman–Crippen LogP) is -0.0664. The minimum atomic E-state index is 0.123. The van der Waals surface area contributed by atoms with E-state index in [1.54, 1.807) is 0 Å². The van der Waals surface area contributed by atoms with Gasteiger partial charge in [-0.15, -0.1) is 0 Å². The maximum atomic E-state index is 5.67. The molecule has 54 valence electrons. The van der Waals surface area contributed by atoms with Crippen molar-refractivity contribution in [3.05, 3.63) is 24.4 Å². The van der Waals surface area contributed by atoms with Crippen LogP contribution in [0.25, 0.3) is 0 Å². The average molecular weight is 137 g/mol. The minimum absolute atomic E-state index is 0.123. The second kappa shape index (κ2) is 2.11. The molecule has 2 aliphatic rings. The van der Waals surface area contributed by atoms with Gasteiger partial charge in [0.25, 0.3) is 0 Å². The molecule has 0 radical (unpaired) electrons. The fraction of sp³-hybridized carbons (Fsp3) is 0.429. The largest absolute Gasteiger partial charge is 0.314 e. The Labute approximate surface area is 60.2 Å². The van der Waals surface area contributed by atoms with Gasteiger partial charge in [-0.25, -0.2) is 5.43 Å². The van der Waals surface area contributed by atoms with Crippen molar-refractivity contribution < 1.29 is 0 Å². The summed E-state index contributed by atoms with van der Waals surface area (Å²) in [5.74, 6) is 0. The molecule has 2 heterocycles. The monoisotopic (exact) mass is 137 g/mol. The molecule has 0 aromatic rings. The highest BCUT2D eigenvalue weighted by atomic mass is 15.6. The maximum absolute atomic E-state index is 5.67. The molecule has 0 bridgehead atoms. The molecule has 3 N–H and O–H groups in total. The Hall–Kier alpha value is -0.800. The lowest BCUT2D eigenvalue weighted by Crippen LogP contribution is -2.38. The Morgan fingerprint density at radius 2 is 2.40 bits per heavy atom. The summed E-state index contributed by atoms with van der Waals surface area (Å²) in [6, 6.07) is 0.472. The van der Waals surface area contributed by atoms with E-state index in [9.17, 15) is 0 Å². The zero-order valence-corrected chi connectivity index (χ0v) is 5.70. The number of fused-ring (bicyclic) bond motifs is 1. The van der Waals surface area contributed by atoms with Crippen molar-refractivity contribution in [1.82, 2.24) is 10.4 Å². The van der Waals surface area contributed by atoms with Crippen molar-refractivity contribution >= 4 is 0 Å². The van der Waals surface area contributed by atoms with E-state index in [4.69, 9.17) is 5.73 Å². The lowest BCUT2D eigenvalue weighted by atomic mass is 10.1. The summed E-state index contributed by atoms with van der Waals surface area (Å²) >= 11 is 0. The zero-order valence-electron chi connectivity index (χ0n) is 5.70. The summed E-state index contributed by atoms with van der Waals surface area (Å²) in [6.45, 7) is 0. The molecule has 0 saturated carbocycles. The number of hydrazine groups is 1.